The number of fused-ring (bicyclic) bond motifs is 1. The molecule has 1 heterocycles. The molecule has 2 aromatic carbocycles. The second-order valence-electron chi connectivity index (χ2n) is 5.44. The molecule has 2 N–H and O–H groups in total. The molecule has 24 heavy (non-hydrogen) atoms. The van der Waals surface area contributed by atoms with Gasteiger partial charge >= 0.3 is 0 Å². The van der Waals surface area contributed by atoms with Crippen LogP contribution in [0.3, 0.4) is 0 Å². The molecule has 3 rings (SSSR count). The summed E-state index contributed by atoms with van der Waals surface area (Å²) in [7, 11) is 1.57. The highest BCUT2D eigenvalue weighted by Crippen LogP contribution is 2.26. The highest BCUT2D eigenvalue weighted by Gasteiger charge is 2.15. The lowest BCUT2D eigenvalue weighted by Gasteiger charge is -2.17. The van der Waals surface area contributed by atoms with E-state index in [1.165, 1.54) is 0 Å². The van der Waals surface area contributed by atoms with Crippen LogP contribution in [0.5, 0.6) is 11.5 Å². The predicted molar refractivity (Wildman–Crippen MR) is 90.5 cm³/mol. The van der Waals surface area contributed by atoms with Gasteiger partial charge in [0, 0.05) is 23.9 Å². The van der Waals surface area contributed by atoms with E-state index in [0.29, 0.717) is 30.0 Å². The number of aryl methyl sites for hydroxylation is 1. The minimum Gasteiger partial charge on any atom is -0.497 e. The van der Waals surface area contributed by atoms with Crippen LogP contribution >= 0.6 is 0 Å². The molecule has 0 spiro atoms. The average molecular weight is 326 g/mol. The molecule has 0 atom stereocenters. The summed E-state index contributed by atoms with van der Waals surface area (Å²) in [5.74, 6) is 1.04. The maximum absolute atomic E-state index is 12.0. The number of nitrogens with one attached hydrogen (secondary N) is 2. The molecule has 1 aliphatic heterocycles. The molecule has 0 fully saturated rings. The molecule has 2 aromatic rings. The van der Waals surface area contributed by atoms with Crippen LogP contribution in [0.1, 0.15) is 12.0 Å². The summed E-state index contributed by atoms with van der Waals surface area (Å²) >= 11 is 0. The van der Waals surface area contributed by atoms with Crippen molar-refractivity contribution < 1.29 is 19.1 Å². The first-order valence-electron chi connectivity index (χ1n) is 7.63. The molecule has 0 aromatic heterocycles. The minimum atomic E-state index is -0.255. The van der Waals surface area contributed by atoms with E-state index < -0.39 is 0 Å². The maximum atomic E-state index is 12.0. The van der Waals surface area contributed by atoms with E-state index >= 15 is 0 Å². The molecule has 0 aliphatic carbocycles. The molecule has 6 nitrogen and oxygen atoms in total. The Balaban J connectivity index is 1.57. The molecule has 124 valence electrons. The van der Waals surface area contributed by atoms with Crippen LogP contribution in [0, 0.1) is 0 Å². The fraction of sp³-hybridized carbons (Fsp3) is 0.222. The Hall–Kier alpha value is -3.02. The lowest BCUT2D eigenvalue weighted by Crippen LogP contribution is -2.21. The Morgan fingerprint density at radius 1 is 1.17 bits per heavy atom. The SMILES string of the molecule is COc1cccc(NC(=O)COc2ccc3c(c2)CCC(=O)N3)c1. The molecular weight excluding hydrogens is 308 g/mol. The van der Waals surface area contributed by atoms with Gasteiger partial charge in [0.25, 0.3) is 5.91 Å². The van der Waals surface area contributed by atoms with E-state index in [9.17, 15) is 9.59 Å². The van der Waals surface area contributed by atoms with Crippen LogP contribution in [0.25, 0.3) is 0 Å². The number of hydrogen-bond acceptors (Lipinski definition) is 4. The molecule has 1 aliphatic rings. The van der Waals surface area contributed by atoms with E-state index in [1.807, 2.05) is 6.07 Å². The summed E-state index contributed by atoms with van der Waals surface area (Å²) < 4.78 is 10.6. The molecule has 0 bridgehead atoms. The molecule has 6 heteroatoms. The van der Waals surface area contributed by atoms with Crippen molar-refractivity contribution in [3.63, 3.8) is 0 Å². The Labute approximate surface area is 139 Å². The summed E-state index contributed by atoms with van der Waals surface area (Å²) in [6.07, 6.45) is 1.14. The van der Waals surface area contributed by atoms with Gasteiger partial charge in [0.2, 0.25) is 5.91 Å². The van der Waals surface area contributed by atoms with Crippen molar-refractivity contribution in [3.05, 3.63) is 48.0 Å². The average Bonchev–Trinajstić information content (AvgIpc) is 2.60. The number of ether oxygens (including phenoxy) is 2. The van der Waals surface area contributed by atoms with Crippen molar-refractivity contribution in [2.24, 2.45) is 0 Å². The van der Waals surface area contributed by atoms with Crippen LogP contribution in [0.2, 0.25) is 0 Å². The Morgan fingerprint density at radius 2 is 2.04 bits per heavy atom. The summed E-state index contributed by atoms with van der Waals surface area (Å²) in [5, 5.41) is 5.56. The molecule has 0 unspecified atom stereocenters. The maximum Gasteiger partial charge on any atom is 0.262 e. The number of rotatable bonds is 5. The second kappa shape index (κ2) is 7.04. The summed E-state index contributed by atoms with van der Waals surface area (Å²) in [6.45, 7) is -0.0949. The lowest BCUT2D eigenvalue weighted by atomic mass is 10.0. The van der Waals surface area contributed by atoms with Crippen LogP contribution in [0.15, 0.2) is 42.5 Å². The highest BCUT2D eigenvalue weighted by molar-refractivity contribution is 5.94. The Bertz CT molecular complexity index is 773. The Kier molecular flexibility index (Phi) is 4.65. The largest absolute Gasteiger partial charge is 0.497 e. The quantitative estimate of drug-likeness (QED) is 0.885. The third-order valence-electron chi connectivity index (χ3n) is 3.70. The van der Waals surface area contributed by atoms with E-state index in [0.717, 1.165) is 11.3 Å². The van der Waals surface area contributed by atoms with Gasteiger partial charge in [-0.25, -0.2) is 0 Å². The van der Waals surface area contributed by atoms with Crippen molar-refractivity contribution in [3.8, 4) is 11.5 Å². The van der Waals surface area contributed by atoms with Crippen molar-refractivity contribution in [1.82, 2.24) is 0 Å². The van der Waals surface area contributed by atoms with Crippen molar-refractivity contribution in [2.75, 3.05) is 24.4 Å². The third kappa shape index (κ3) is 3.84. The van der Waals surface area contributed by atoms with Gasteiger partial charge in [-0.15, -0.1) is 0 Å². The van der Waals surface area contributed by atoms with E-state index in [-0.39, 0.29) is 18.4 Å². The molecule has 0 radical (unpaired) electrons. The van der Waals surface area contributed by atoms with E-state index in [4.69, 9.17) is 9.47 Å². The second-order valence-corrected chi connectivity index (χ2v) is 5.44. The first-order chi connectivity index (χ1) is 11.6. The summed E-state index contributed by atoms with van der Waals surface area (Å²) in [4.78, 5) is 23.3. The Morgan fingerprint density at radius 3 is 2.88 bits per heavy atom. The zero-order valence-corrected chi connectivity index (χ0v) is 13.3. The zero-order valence-electron chi connectivity index (χ0n) is 13.3. The summed E-state index contributed by atoms with van der Waals surface area (Å²) in [5.41, 5.74) is 2.47. The van der Waals surface area contributed by atoms with Gasteiger partial charge in [0.05, 0.1) is 7.11 Å². The van der Waals surface area contributed by atoms with Crippen LogP contribution in [0.4, 0.5) is 11.4 Å². The zero-order chi connectivity index (χ0) is 16.9. The number of carbonyl (C=O) groups is 2. The predicted octanol–water partition coefficient (Wildman–Crippen LogP) is 2.60. The van der Waals surface area contributed by atoms with E-state index in [1.54, 1.807) is 43.5 Å². The first kappa shape index (κ1) is 15.9. The van der Waals surface area contributed by atoms with Crippen molar-refractivity contribution in [2.45, 2.75) is 12.8 Å². The van der Waals surface area contributed by atoms with Gasteiger partial charge in [-0.1, -0.05) is 6.07 Å². The van der Waals surface area contributed by atoms with Gasteiger partial charge in [0.15, 0.2) is 6.61 Å². The highest BCUT2D eigenvalue weighted by atomic mass is 16.5. The van der Waals surface area contributed by atoms with Crippen LogP contribution in [-0.2, 0) is 16.0 Å². The number of amides is 2. The fourth-order valence-electron chi connectivity index (χ4n) is 2.50. The number of carbonyl (C=O) groups excluding carboxylic acids is 2. The molecule has 0 saturated heterocycles. The monoisotopic (exact) mass is 326 g/mol. The number of methoxy groups -OCH3 is 1. The topological polar surface area (TPSA) is 76.7 Å². The lowest BCUT2D eigenvalue weighted by molar-refractivity contribution is -0.118. The minimum absolute atomic E-state index is 0.0221. The first-order valence-corrected chi connectivity index (χ1v) is 7.63. The number of anilines is 2. The molecule has 2 amide bonds. The number of hydrogen-bond donors (Lipinski definition) is 2. The van der Waals surface area contributed by atoms with Gasteiger partial charge in [-0.3, -0.25) is 9.59 Å². The van der Waals surface area contributed by atoms with Gasteiger partial charge < -0.3 is 20.1 Å². The normalized spacial score (nSPS) is 12.8. The molecule has 0 saturated carbocycles. The van der Waals surface area contributed by atoms with Crippen LogP contribution in [-0.4, -0.2) is 25.5 Å². The fourth-order valence-corrected chi connectivity index (χ4v) is 2.50. The summed E-state index contributed by atoms with van der Waals surface area (Å²) in [6, 6.07) is 12.5. The van der Waals surface area contributed by atoms with Gasteiger partial charge in [0.1, 0.15) is 11.5 Å². The van der Waals surface area contributed by atoms with Gasteiger partial charge in [-0.2, -0.15) is 0 Å². The molecular formula is C18H18N2O4. The van der Waals surface area contributed by atoms with Crippen molar-refractivity contribution in [1.29, 1.82) is 0 Å². The standard InChI is InChI=1S/C18H18N2O4/c1-23-14-4-2-3-13(10-14)19-18(22)11-24-15-6-7-16-12(9-15)5-8-17(21)20-16/h2-4,6-7,9-10H,5,8,11H2,1H3,(H,19,22)(H,20,21). The van der Waals surface area contributed by atoms with Crippen molar-refractivity contribution >= 4 is 23.2 Å². The van der Waals surface area contributed by atoms with Crippen LogP contribution < -0.4 is 20.1 Å². The van der Waals surface area contributed by atoms with E-state index in [2.05, 4.69) is 10.6 Å². The third-order valence-corrected chi connectivity index (χ3v) is 3.70. The van der Waals surface area contributed by atoms with Gasteiger partial charge in [-0.05, 0) is 42.3 Å². The number of benzene rings is 2. The smallest absolute Gasteiger partial charge is 0.262 e.